The van der Waals surface area contributed by atoms with Gasteiger partial charge in [-0.1, -0.05) is 50.6 Å². The molecule has 0 aliphatic carbocycles. The number of hydrogen-bond donors (Lipinski definition) is 0. The fraction of sp³-hybridized carbons (Fsp3) is 0.400. The second-order valence-electron chi connectivity index (χ2n) is 7.77. The lowest BCUT2D eigenvalue weighted by Crippen LogP contribution is -2.54. The Balaban J connectivity index is 1.58. The highest BCUT2D eigenvalue weighted by Gasteiger charge is 2.37. The molecule has 2 aromatic rings. The highest BCUT2D eigenvalue weighted by molar-refractivity contribution is 7.89. The van der Waals surface area contributed by atoms with Crippen LogP contribution >= 0.6 is 11.6 Å². The summed E-state index contributed by atoms with van der Waals surface area (Å²) in [6, 6.07) is 11.2. The Bertz CT molecular complexity index is 917. The molecule has 4 nitrogen and oxygen atoms in total. The summed E-state index contributed by atoms with van der Waals surface area (Å²) >= 11 is 5.97. The Morgan fingerprint density at radius 3 is 2.33 bits per heavy atom. The van der Waals surface area contributed by atoms with Gasteiger partial charge in [0.1, 0.15) is 5.82 Å². The molecule has 1 aliphatic heterocycles. The van der Waals surface area contributed by atoms with Crippen LogP contribution in [-0.4, -0.2) is 31.9 Å². The summed E-state index contributed by atoms with van der Waals surface area (Å²) in [6.45, 7) is 7.06. The number of sulfonamides is 1. The van der Waals surface area contributed by atoms with Crippen LogP contribution in [0.3, 0.4) is 0 Å². The Kier molecular flexibility index (Phi) is 5.64. The van der Waals surface area contributed by atoms with E-state index in [1.807, 2.05) is 12.1 Å². The second kappa shape index (κ2) is 7.51. The summed E-state index contributed by atoms with van der Waals surface area (Å²) in [5.41, 5.74) is 1.74. The zero-order chi connectivity index (χ0) is 19.8. The average Bonchev–Trinajstić information content (AvgIpc) is 2.54. The molecule has 146 valence electrons. The summed E-state index contributed by atoms with van der Waals surface area (Å²) in [4.78, 5) is 0.288. The predicted octanol–water partition coefficient (Wildman–Crippen LogP) is 4.37. The summed E-state index contributed by atoms with van der Waals surface area (Å²) in [5, 5.41) is 0.303. The zero-order valence-electron chi connectivity index (χ0n) is 15.6. The minimum atomic E-state index is -3.52. The summed E-state index contributed by atoms with van der Waals surface area (Å²) in [7, 11) is -3.52. The third kappa shape index (κ3) is 4.51. The van der Waals surface area contributed by atoms with E-state index in [1.54, 1.807) is 18.2 Å². The second-order valence-corrected chi connectivity index (χ2v) is 10.1. The van der Waals surface area contributed by atoms with Crippen molar-refractivity contribution in [3.8, 4) is 0 Å². The number of rotatable bonds is 5. The Labute approximate surface area is 165 Å². The molecule has 0 spiro atoms. The highest BCUT2D eigenvalue weighted by atomic mass is 35.5. The first-order valence-electron chi connectivity index (χ1n) is 8.73. The molecule has 0 N–H and O–H groups in total. The maximum atomic E-state index is 13.1. The van der Waals surface area contributed by atoms with Gasteiger partial charge in [-0.25, -0.2) is 12.8 Å². The highest BCUT2D eigenvalue weighted by Crippen LogP contribution is 2.28. The van der Waals surface area contributed by atoms with Crippen molar-refractivity contribution in [3.63, 3.8) is 0 Å². The van der Waals surface area contributed by atoms with Gasteiger partial charge in [0.15, 0.2) is 0 Å². The molecule has 27 heavy (non-hydrogen) atoms. The van der Waals surface area contributed by atoms with Crippen molar-refractivity contribution in [1.29, 1.82) is 0 Å². The molecular weight excluding hydrogens is 389 g/mol. The van der Waals surface area contributed by atoms with Gasteiger partial charge in [-0.2, -0.15) is 4.31 Å². The van der Waals surface area contributed by atoms with Crippen LogP contribution in [0.1, 0.15) is 31.9 Å². The monoisotopic (exact) mass is 411 g/mol. The molecule has 0 bridgehead atoms. The van der Waals surface area contributed by atoms with Crippen LogP contribution < -0.4 is 0 Å². The SMILES string of the molecule is CC(C)(C)c1ccc(S(=O)(=O)N2CC(OCc3ccc(F)cc3Cl)C2)cc1. The van der Waals surface area contributed by atoms with Crippen LogP contribution in [0.4, 0.5) is 4.39 Å². The molecule has 1 heterocycles. The molecule has 7 heteroatoms. The van der Waals surface area contributed by atoms with E-state index in [0.717, 1.165) is 5.56 Å². The van der Waals surface area contributed by atoms with Gasteiger partial charge in [0.25, 0.3) is 0 Å². The molecule has 0 saturated carbocycles. The van der Waals surface area contributed by atoms with E-state index in [0.29, 0.717) is 23.7 Å². The van der Waals surface area contributed by atoms with Crippen molar-refractivity contribution in [3.05, 3.63) is 64.4 Å². The molecule has 1 fully saturated rings. The zero-order valence-corrected chi connectivity index (χ0v) is 17.1. The predicted molar refractivity (Wildman–Crippen MR) is 104 cm³/mol. The van der Waals surface area contributed by atoms with E-state index < -0.39 is 15.8 Å². The van der Waals surface area contributed by atoms with E-state index in [4.69, 9.17) is 16.3 Å². The fourth-order valence-corrected chi connectivity index (χ4v) is 4.55. The molecule has 3 rings (SSSR count). The molecule has 0 atom stereocenters. The standard InChI is InChI=1S/C20H23ClFNO3S/c1-20(2,3)15-5-8-18(9-6-15)27(24,25)23-11-17(12-23)26-13-14-4-7-16(22)10-19(14)21/h4-10,17H,11-13H2,1-3H3. The molecular formula is C20H23ClFNO3S. The van der Waals surface area contributed by atoms with E-state index in [1.165, 1.54) is 16.4 Å². The van der Waals surface area contributed by atoms with Crippen LogP contribution in [0, 0.1) is 5.82 Å². The van der Waals surface area contributed by atoms with Gasteiger partial charge in [-0.05, 0) is 40.8 Å². The normalized spacial score (nSPS) is 16.3. The third-order valence-electron chi connectivity index (χ3n) is 4.66. The third-order valence-corrected chi connectivity index (χ3v) is 6.86. The molecule has 2 aromatic carbocycles. The van der Waals surface area contributed by atoms with Crippen molar-refractivity contribution in [1.82, 2.24) is 4.31 Å². The number of halogens is 2. The van der Waals surface area contributed by atoms with Crippen LogP contribution in [0.2, 0.25) is 5.02 Å². The summed E-state index contributed by atoms with van der Waals surface area (Å²) in [5.74, 6) is -0.401. The first-order chi connectivity index (χ1) is 12.6. The van der Waals surface area contributed by atoms with Crippen molar-refractivity contribution >= 4 is 21.6 Å². The van der Waals surface area contributed by atoms with Crippen LogP contribution in [0.15, 0.2) is 47.4 Å². The Morgan fingerprint density at radius 1 is 1.15 bits per heavy atom. The fourth-order valence-electron chi connectivity index (χ4n) is 2.82. The van der Waals surface area contributed by atoms with Gasteiger partial charge in [0.2, 0.25) is 10.0 Å². The topological polar surface area (TPSA) is 46.6 Å². The molecule has 0 aromatic heterocycles. The molecule has 1 saturated heterocycles. The lowest BCUT2D eigenvalue weighted by atomic mass is 9.87. The molecule has 0 unspecified atom stereocenters. The van der Waals surface area contributed by atoms with Crippen LogP contribution in [0.25, 0.3) is 0 Å². The van der Waals surface area contributed by atoms with Gasteiger partial charge in [-0.15, -0.1) is 0 Å². The lowest BCUT2D eigenvalue weighted by Gasteiger charge is -2.37. The van der Waals surface area contributed by atoms with Gasteiger partial charge in [0, 0.05) is 18.1 Å². The quantitative estimate of drug-likeness (QED) is 0.734. The summed E-state index contributed by atoms with van der Waals surface area (Å²) in [6.07, 6.45) is -0.199. The van der Waals surface area contributed by atoms with Crippen molar-refractivity contribution in [2.24, 2.45) is 0 Å². The van der Waals surface area contributed by atoms with E-state index in [9.17, 15) is 12.8 Å². The van der Waals surface area contributed by atoms with E-state index in [2.05, 4.69) is 20.8 Å². The van der Waals surface area contributed by atoms with Crippen LogP contribution in [-0.2, 0) is 26.8 Å². The van der Waals surface area contributed by atoms with E-state index in [-0.39, 0.29) is 23.0 Å². The van der Waals surface area contributed by atoms with Crippen molar-refractivity contribution in [2.75, 3.05) is 13.1 Å². The number of benzene rings is 2. The maximum Gasteiger partial charge on any atom is 0.243 e. The van der Waals surface area contributed by atoms with E-state index >= 15 is 0 Å². The van der Waals surface area contributed by atoms with Crippen molar-refractivity contribution < 1.29 is 17.5 Å². The lowest BCUT2D eigenvalue weighted by molar-refractivity contribution is -0.0295. The first-order valence-corrected chi connectivity index (χ1v) is 10.6. The molecule has 0 radical (unpaired) electrons. The first kappa shape index (κ1) is 20.3. The average molecular weight is 412 g/mol. The Morgan fingerprint density at radius 2 is 1.78 bits per heavy atom. The van der Waals surface area contributed by atoms with Gasteiger partial charge < -0.3 is 4.74 Å². The smallest absolute Gasteiger partial charge is 0.243 e. The minimum absolute atomic E-state index is 0.0282. The molecule has 1 aliphatic rings. The minimum Gasteiger partial charge on any atom is -0.371 e. The maximum absolute atomic E-state index is 13.1. The van der Waals surface area contributed by atoms with Gasteiger partial charge >= 0.3 is 0 Å². The van der Waals surface area contributed by atoms with Gasteiger partial charge in [-0.3, -0.25) is 0 Å². The number of nitrogens with zero attached hydrogens (tertiary/aromatic N) is 1. The summed E-state index contributed by atoms with van der Waals surface area (Å²) < 4.78 is 45.5. The number of ether oxygens (including phenoxy) is 1. The number of hydrogen-bond acceptors (Lipinski definition) is 3. The van der Waals surface area contributed by atoms with Gasteiger partial charge in [0.05, 0.1) is 17.6 Å². The van der Waals surface area contributed by atoms with Crippen LogP contribution in [0.5, 0.6) is 0 Å². The Hall–Kier alpha value is -1.47. The largest absolute Gasteiger partial charge is 0.371 e. The molecule has 0 amide bonds. The van der Waals surface area contributed by atoms with Crippen molar-refractivity contribution in [2.45, 2.75) is 43.8 Å².